The molecule has 0 aliphatic carbocycles. The molecule has 10 heteroatoms. The van der Waals surface area contributed by atoms with Gasteiger partial charge in [-0.1, -0.05) is 18.2 Å². The Bertz CT molecular complexity index is 1130. The van der Waals surface area contributed by atoms with E-state index < -0.39 is 36.5 Å². The van der Waals surface area contributed by atoms with Crippen molar-refractivity contribution in [1.82, 2.24) is 0 Å². The number of benzene rings is 2. The Balaban J connectivity index is 2.17. The molecular formula is C18H13ClF2NO4PS. The van der Waals surface area contributed by atoms with Gasteiger partial charge in [-0.25, -0.2) is 8.78 Å². The number of amides is 1. The summed E-state index contributed by atoms with van der Waals surface area (Å²) in [6, 6.07) is 7.16. The van der Waals surface area contributed by atoms with Crippen LogP contribution < -0.4 is 4.90 Å². The first-order valence-corrected chi connectivity index (χ1v) is 10.7. The van der Waals surface area contributed by atoms with Gasteiger partial charge in [0.1, 0.15) is 11.6 Å². The number of thiophene rings is 1. The summed E-state index contributed by atoms with van der Waals surface area (Å²) in [7, 11) is -5.05. The molecule has 0 saturated heterocycles. The zero-order chi connectivity index (χ0) is 20.6. The van der Waals surface area contributed by atoms with Crippen molar-refractivity contribution in [2.45, 2.75) is 5.66 Å². The van der Waals surface area contributed by atoms with Gasteiger partial charge in [-0.15, -0.1) is 11.3 Å². The largest absolute Gasteiger partial charge is 0.342 e. The Morgan fingerprint density at radius 3 is 2.61 bits per heavy atom. The maximum Gasteiger partial charge on any atom is 0.342 e. The Morgan fingerprint density at radius 2 is 1.96 bits per heavy atom. The van der Waals surface area contributed by atoms with Crippen molar-refractivity contribution in [3.8, 4) is 0 Å². The number of rotatable bonds is 5. The van der Waals surface area contributed by atoms with Crippen molar-refractivity contribution in [3.05, 3.63) is 76.8 Å². The van der Waals surface area contributed by atoms with Gasteiger partial charge < -0.3 is 9.79 Å². The van der Waals surface area contributed by atoms with E-state index in [0.29, 0.717) is 20.0 Å². The average Bonchev–Trinajstić information content (AvgIpc) is 3.00. The van der Waals surface area contributed by atoms with Gasteiger partial charge in [-0.05, 0) is 46.7 Å². The maximum absolute atomic E-state index is 14.2. The van der Waals surface area contributed by atoms with E-state index in [9.17, 15) is 27.9 Å². The Hall–Kier alpha value is -2.09. The fourth-order valence-corrected chi connectivity index (χ4v) is 5.03. The molecule has 0 spiro atoms. The highest BCUT2D eigenvalue weighted by Gasteiger charge is 2.41. The number of hydrogen-bond donors (Lipinski definition) is 2. The van der Waals surface area contributed by atoms with Gasteiger partial charge >= 0.3 is 7.60 Å². The highest BCUT2D eigenvalue weighted by Crippen LogP contribution is 2.55. The van der Waals surface area contributed by atoms with Crippen molar-refractivity contribution in [2.75, 3.05) is 4.90 Å². The maximum atomic E-state index is 14.2. The van der Waals surface area contributed by atoms with Crippen LogP contribution in [0.1, 0.15) is 11.2 Å². The first kappa shape index (κ1) is 20.6. The topological polar surface area (TPSA) is 77.8 Å². The molecule has 146 valence electrons. The number of carbonyl (C=O) groups excluding carboxylic acids is 1. The third-order valence-corrected chi connectivity index (χ3v) is 6.41. The third kappa shape index (κ3) is 3.87. The molecule has 2 aromatic carbocycles. The molecule has 1 atom stereocenters. The summed E-state index contributed by atoms with van der Waals surface area (Å²) >= 11 is 7.15. The third-order valence-electron chi connectivity index (χ3n) is 4.02. The number of nitrogens with zero attached hydrogens (tertiary/aromatic N) is 1. The van der Waals surface area contributed by atoms with E-state index in [4.69, 9.17) is 11.6 Å². The molecule has 3 rings (SSSR count). The fourth-order valence-electron chi connectivity index (χ4n) is 2.80. The van der Waals surface area contributed by atoms with Crippen LogP contribution >= 0.6 is 30.5 Å². The summed E-state index contributed by atoms with van der Waals surface area (Å²) in [6.45, 7) is 3.40. The number of anilines is 1. The number of fused-ring (bicyclic) bond motifs is 1. The minimum Gasteiger partial charge on any atom is -0.324 e. The lowest BCUT2D eigenvalue weighted by molar-refractivity contribution is -0.118. The van der Waals surface area contributed by atoms with Gasteiger partial charge in [0.2, 0.25) is 0 Å². The van der Waals surface area contributed by atoms with Crippen LogP contribution in [-0.2, 0) is 9.36 Å². The molecule has 0 aliphatic rings. The number of hydrogen-bond acceptors (Lipinski definition) is 3. The Morgan fingerprint density at radius 1 is 1.25 bits per heavy atom. The summed E-state index contributed by atoms with van der Waals surface area (Å²) in [6.07, 6.45) is 0.879. The summed E-state index contributed by atoms with van der Waals surface area (Å²) in [4.78, 5) is 33.4. The van der Waals surface area contributed by atoms with Crippen molar-refractivity contribution in [1.29, 1.82) is 0 Å². The molecular weight excluding hydrogens is 431 g/mol. The van der Waals surface area contributed by atoms with Crippen LogP contribution in [0.2, 0.25) is 5.02 Å². The minimum atomic E-state index is -5.05. The van der Waals surface area contributed by atoms with Gasteiger partial charge in [0.25, 0.3) is 5.91 Å². The fraction of sp³-hybridized carbons (Fsp3) is 0.0556. The van der Waals surface area contributed by atoms with Crippen molar-refractivity contribution in [3.63, 3.8) is 0 Å². The highest BCUT2D eigenvalue weighted by atomic mass is 35.5. The summed E-state index contributed by atoms with van der Waals surface area (Å²) in [5.74, 6) is -2.92. The molecule has 1 aromatic heterocycles. The average molecular weight is 444 g/mol. The predicted octanol–water partition coefficient (Wildman–Crippen LogP) is 5.23. The molecule has 1 amide bonds. The molecule has 0 bridgehead atoms. The first-order chi connectivity index (χ1) is 13.1. The van der Waals surface area contributed by atoms with E-state index in [1.165, 1.54) is 22.8 Å². The van der Waals surface area contributed by atoms with Crippen LogP contribution in [0, 0.1) is 11.6 Å². The molecule has 0 radical (unpaired) electrons. The number of halogens is 3. The summed E-state index contributed by atoms with van der Waals surface area (Å²) in [5, 5.41) is 2.15. The normalized spacial score (nSPS) is 12.8. The molecule has 2 N–H and O–H groups in total. The van der Waals surface area contributed by atoms with Crippen molar-refractivity contribution >= 4 is 52.2 Å². The quantitative estimate of drug-likeness (QED) is 0.529. The van der Waals surface area contributed by atoms with E-state index in [2.05, 4.69) is 6.58 Å². The van der Waals surface area contributed by atoms with Crippen LogP contribution in [0.25, 0.3) is 10.1 Å². The van der Waals surface area contributed by atoms with Crippen LogP contribution in [0.4, 0.5) is 14.5 Å². The van der Waals surface area contributed by atoms with Crippen LogP contribution in [0.5, 0.6) is 0 Å². The first-order valence-electron chi connectivity index (χ1n) is 7.76. The second-order valence-electron chi connectivity index (χ2n) is 5.81. The van der Waals surface area contributed by atoms with Crippen LogP contribution in [0.3, 0.4) is 0 Å². The van der Waals surface area contributed by atoms with Gasteiger partial charge in [0.05, 0.1) is 5.69 Å². The van der Waals surface area contributed by atoms with Crippen molar-refractivity contribution < 1.29 is 27.9 Å². The molecule has 5 nitrogen and oxygen atoms in total. The van der Waals surface area contributed by atoms with Crippen LogP contribution in [-0.4, -0.2) is 15.7 Å². The van der Waals surface area contributed by atoms with Gasteiger partial charge in [0, 0.05) is 22.0 Å². The van der Waals surface area contributed by atoms with E-state index in [1.54, 1.807) is 12.1 Å². The Kier molecular flexibility index (Phi) is 5.70. The molecule has 1 unspecified atom stereocenters. The molecule has 0 fully saturated rings. The van der Waals surface area contributed by atoms with E-state index >= 15 is 0 Å². The van der Waals surface area contributed by atoms with E-state index in [-0.39, 0.29) is 5.56 Å². The van der Waals surface area contributed by atoms with Gasteiger partial charge in [-0.3, -0.25) is 14.3 Å². The molecule has 28 heavy (non-hydrogen) atoms. The monoisotopic (exact) mass is 443 g/mol. The van der Waals surface area contributed by atoms with Gasteiger partial charge in [0.15, 0.2) is 5.66 Å². The Labute approximate surface area is 167 Å². The highest BCUT2D eigenvalue weighted by molar-refractivity contribution is 7.53. The van der Waals surface area contributed by atoms with Crippen LogP contribution in [0.15, 0.2) is 54.6 Å². The molecule has 1 heterocycles. The summed E-state index contributed by atoms with van der Waals surface area (Å²) in [5.41, 5.74) is -2.40. The number of carbonyl (C=O) groups is 1. The smallest absolute Gasteiger partial charge is 0.324 e. The molecule has 3 aromatic rings. The lowest BCUT2D eigenvalue weighted by Gasteiger charge is -2.25. The molecule has 0 saturated carbocycles. The minimum absolute atomic E-state index is 0.0458. The lowest BCUT2D eigenvalue weighted by atomic mass is 10.1. The van der Waals surface area contributed by atoms with Crippen molar-refractivity contribution in [2.24, 2.45) is 0 Å². The zero-order valence-corrected chi connectivity index (χ0v) is 16.5. The predicted molar refractivity (Wildman–Crippen MR) is 106 cm³/mol. The SMILES string of the molecule is C=CN(C(=O)C(c1csc2ccc(Cl)cc12)P(=O)(O)O)c1cc(F)ccc1F. The lowest BCUT2D eigenvalue weighted by Crippen LogP contribution is -2.31. The summed E-state index contributed by atoms with van der Waals surface area (Å²) < 4.78 is 40.6. The van der Waals surface area contributed by atoms with Gasteiger partial charge in [-0.2, -0.15) is 0 Å². The zero-order valence-electron chi connectivity index (χ0n) is 14.1. The van der Waals surface area contributed by atoms with E-state index in [1.807, 2.05) is 0 Å². The standard InChI is InChI=1S/C18H13ClF2NO4PS/c1-2-22(15-8-11(20)4-5-14(15)21)18(23)17(27(24,25)26)13-9-28-16-6-3-10(19)7-12(13)16/h2-9,17H,1H2,(H2,24,25,26). The van der Waals surface area contributed by atoms with E-state index in [0.717, 1.165) is 24.4 Å². The molecule has 0 aliphatic heterocycles. The second-order valence-corrected chi connectivity index (χ2v) is 8.85. The second kappa shape index (κ2) is 7.73.